The number of amides is 3. The second kappa shape index (κ2) is 5.74. The number of esters is 1. The zero-order chi connectivity index (χ0) is 16.7. The van der Waals surface area contributed by atoms with Crippen LogP contribution in [0.25, 0.3) is 0 Å². The summed E-state index contributed by atoms with van der Waals surface area (Å²) >= 11 is 0. The smallest absolute Gasteiger partial charge is 0.330 e. The molecular weight excluding hydrogens is 284 g/mol. The number of likely N-dealkylation sites (N-methyl/N-ethyl adjacent to an activating group) is 1. The van der Waals surface area contributed by atoms with Crippen LogP contribution in [0.5, 0.6) is 0 Å². The van der Waals surface area contributed by atoms with Gasteiger partial charge in [0.15, 0.2) is 6.73 Å². The summed E-state index contributed by atoms with van der Waals surface area (Å²) in [5.74, 6) is -0.724. The van der Waals surface area contributed by atoms with Crippen LogP contribution in [-0.4, -0.2) is 47.5 Å². The summed E-state index contributed by atoms with van der Waals surface area (Å²) in [6, 6.07) is -0.392. The second-order valence-corrected chi connectivity index (χ2v) is 6.78. The summed E-state index contributed by atoms with van der Waals surface area (Å²) in [4.78, 5) is 38.3. The zero-order valence-electron chi connectivity index (χ0n) is 13.9. The molecule has 122 valence electrons. The van der Waals surface area contributed by atoms with Crippen molar-refractivity contribution in [1.29, 1.82) is 0 Å². The molecule has 0 aromatic carbocycles. The van der Waals surface area contributed by atoms with E-state index in [4.69, 9.17) is 4.74 Å². The van der Waals surface area contributed by atoms with Gasteiger partial charge in [-0.05, 0) is 32.1 Å². The van der Waals surface area contributed by atoms with Crippen LogP contribution in [0.1, 0.15) is 34.6 Å². The molecular formula is C16H24N2O4. The topological polar surface area (TPSA) is 66.9 Å². The predicted molar refractivity (Wildman–Crippen MR) is 80.6 cm³/mol. The van der Waals surface area contributed by atoms with E-state index >= 15 is 0 Å². The first kappa shape index (κ1) is 16.5. The van der Waals surface area contributed by atoms with Crippen LogP contribution >= 0.6 is 0 Å². The Labute approximate surface area is 131 Å². The summed E-state index contributed by atoms with van der Waals surface area (Å²) in [6.45, 7) is 10.1. The Morgan fingerprint density at radius 1 is 1.36 bits per heavy atom. The van der Waals surface area contributed by atoms with Crippen LogP contribution in [0.2, 0.25) is 0 Å². The number of imide groups is 1. The molecule has 3 amide bonds. The lowest BCUT2D eigenvalue weighted by Crippen LogP contribution is -2.36. The van der Waals surface area contributed by atoms with Crippen molar-refractivity contribution in [3.05, 3.63) is 11.6 Å². The van der Waals surface area contributed by atoms with E-state index in [1.807, 2.05) is 27.7 Å². The average molecular weight is 308 g/mol. The Kier molecular flexibility index (Phi) is 4.31. The number of rotatable bonds is 5. The third-order valence-electron chi connectivity index (χ3n) is 4.52. The summed E-state index contributed by atoms with van der Waals surface area (Å²) in [5, 5.41) is 0. The molecule has 0 aromatic rings. The van der Waals surface area contributed by atoms with Crippen LogP contribution in [0.3, 0.4) is 0 Å². The molecule has 0 aromatic heterocycles. The lowest BCUT2D eigenvalue weighted by Gasteiger charge is -2.15. The molecule has 1 saturated heterocycles. The lowest BCUT2D eigenvalue weighted by atomic mass is 10.1. The lowest BCUT2D eigenvalue weighted by molar-refractivity contribution is -0.151. The summed E-state index contributed by atoms with van der Waals surface area (Å²) in [6.07, 6.45) is 2.08. The van der Waals surface area contributed by atoms with E-state index in [0.29, 0.717) is 6.54 Å². The van der Waals surface area contributed by atoms with Gasteiger partial charge in [-0.15, -0.1) is 0 Å². The van der Waals surface area contributed by atoms with Crippen molar-refractivity contribution in [3.63, 3.8) is 0 Å². The van der Waals surface area contributed by atoms with Gasteiger partial charge in [0.25, 0.3) is 5.91 Å². The maximum absolute atomic E-state index is 12.2. The molecule has 1 aliphatic carbocycles. The molecule has 1 aliphatic heterocycles. The minimum Gasteiger partial charge on any atom is -0.443 e. The molecule has 0 bridgehead atoms. The van der Waals surface area contributed by atoms with Crippen molar-refractivity contribution in [2.75, 3.05) is 19.8 Å². The van der Waals surface area contributed by atoms with Crippen molar-refractivity contribution < 1.29 is 19.1 Å². The van der Waals surface area contributed by atoms with Crippen LogP contribution in [0, 0.1) is 17.3 Å². The average Bonchev–Trinajstić information content (AvgIpc) is 2.82. The van der Waals surface area contributed by atoms with Gasteiger partial charge in [0.2, 0.25) is 0 Å². The highest BCUT2D eigenvalue weighted by atomic mass is 16.5. The fourth-order valence-corrected chi connectivity index (χ4v) is 2.98. The third-order valence-corrected chi connectivity index (χ3v) is 4.52. The number of nitrogens with zero attached hydrogens (tertiary/aromatic N) is 2. The van der Waals surface area contributed by atoms with Gasteiger partial charge in [-0.25, -0.2) is 9.69 Å². The molecule has 1 heterocycles. The number of ether oxygens (including phenoxy) is 1. The van der Waals surface area contributed by atoms with Crippen molar-refractivity contribution in [3.8, 4) is 0 Å². The second-order valence-electron chi connectivity index (χ2n) is 6.78. The van der Waals surface area contributed by atoms with Crippen molar-refractivity contribution >= 4 is 17.9 Å². The molecule has 0 N–H and O–H groups in total. The van der Waals surface area contributed by atoms with Crippen LogP contribution in [0.15, 0.2) is 11.6 Å². The first-order valence-electron chi connectivity index (χ1n) is 7.61. The van der Waals surface area contributed by atoms with Gasteiger partial charge in [-0.2, -0.15) is 0 Å². The van der Waals surface area contributed by atoms with E-state index in [9.17, 15) is 14.4 Å². The van der Waals surface area contributed by atoms with Crippen LogP contribution in [-0.2, 0) is 14.3 Å². The third kappa shape index (κ3) is 2.87. The minimum absolute atomic E-state index is 0.0577. The van der Waals surface area contributed by atoms with Gasteiger partial charge < -0.3 is 9.64 Å². The molecule has 2 unspecified atom stereocenters. The monoisotopic (exact) mass is 308 g/mol. The van der Waals surface area contributed by atoms with Gasteiger partial charge in [0, 0.05) is 6.54 Å². The molecule has 2 atom stereocenters. The van der Waals surface area contributed by atoms with Gasteiger partial charge in [0.05, 0.1) is 5.92 Å². The maximum atomic E-state index is 12.2. The normalized spacial score (nSPS) is 26.2. The van der Waals surface area contributed by atoms with Crippen molar-refractivity contribution in [2.45, 2.75) is 34.6 Å². The molecule has 2 rings (SSSR count). The molecule has 6 nitrogen and oxygen atoms in total. The first-order chi connectivity index (χ1) is 10.2. The largest absolute Gasteiger partial charge is 0.443 e. The number of hydrogen-bond acceptors (Lipinski definition) is 4. The molecule has 2 aliphatic rings. The highest BCUT2D eigenvalue weighted by Gasteiger charge is 2.61. The van der Waals surface area contributed by atoms with Gasteiger partial charge in [-0.1, -0.05) is 25.5 Å². The van der Waals surface area contributed by atoms with Gasteiger partial charge in [-0.3, -0.25) is 9.59 Å². The molecule has 6 heteroatoms. The van der Waals surface area contributed by atoms with Crippen LogP contribution < -0.4 is 0 Å². The van der Waals surface area contributed by atoms with Gasteiger partial charge >= 0.3 is 12.0 Å². The maximum Gasteiger partial charge on any atom is 0.330 e. The SMILES string of the molecule is CCN1CC(=O)N(COC(=O)C2C(C=C(C)C)C2(C)C)C1=O. The number of hydrogen-bond donors (Lipinski definition) is 0. The fraction of sp³-hybridized carbons (Fsp3) is 0.688. The number of urea groups is 1. The number of carbonyl (C=O) groups excluding carboxylic acids is 3. The minimum atomic E-state index is -0.392. The van der Waals surface area contributed by atoms with E-state index in [0.717, 1.165) is 10.5 Å². The number of carbonyl (C=O) groups is 3. The predicted octanol–water partition coefficient (Wildman–Crippen LogP) is 2.01. The molecule has 22 heavy (non-hydrogen) atoms. The quantitative estimate of drug-likeness (QED) is 0.443. The Morgan fingerprint density at radius 2 is 2.00 bits per heavy atom. The van der Waals surface area contributed by atoms with E-state index in [1.165, 1.54) is 4.90 Å². The molecule has 0 spiro atoms. The molecule has 2 fully saturated rings. The van der Waals surface area contributed by atoms with Gasteiger partial charge in [0.1, 0.15) is 6.54 Å². The highest BCUT2D eigenvalue weighted by molar-refractivity contribution is 6.02. The standard InChI is InChI=1S/C16H24N2O4/c1-6-17-8-12(19)18(15(17)21)9-22-14(20)13-11(7-10(2)3)16(13,4)5/h7,11,13H,6,8-9H2,1-5H3. The van der Waals surface area contributed by atoms with Crippen LogP contribution in [0.4, 0.5) is 4.79 Å². The van der Waals surface area contributed by atoms with Crippen molar-refractivity contribution in [1.82, 2.24) is 9.80 Å². The first-order valence-corrected chi connectivity index (χ1v) is 7.61. The summed E-state index contributed by atoms with van der Waals surface area (Å²) in [7, 11) is 0. The van der Waals surface area contributed by atoms with E-state index in [-0.39, 0.29) is 42.4 Å². The molecule has 1 saturated carbocycles. The Morgan fingerprint density at radius 3 is 2.50 bits per heavy atom. The number of allylic oxidation sites excluding steroid dienone is 2. The van der Waals surface area contributed by atoms with Crippen molar-refractivity contribution in [2.24, 2.45) is 17.3 Å². The Balaban J connectivity index is 1.93. The van der Waals surface area contributed by atoms with E-state index in [2.05, 4.69) is 6.08 Å². The zero-order valence-corrected chi connectivity index (χ0v) is 13.9. The highest BCUT2D eigenvalue weighted by Crippen LogP contribution is 2.59. The summed E-state index contributed by atoms with van der Waals surface area (Å²) in [5.41, 5.74) is 1.03. The van der Waals surface area contributed by atoms with E-state index in [1.54, 1.807) is 6.92 Å². The fourth-order valence-electron chi connectivity index (χ4n) is 2.98. The Hall–Kier alpha value is -1.85. The molecule has 0 radical (unpaired) electrons. The summed E-state index contributed by atoms with van der Waals surface area (Å²) < 4.78 is 5.22. The Bertz CT molecular complexity index is 534. The van der Waals surface area contributed by atoms with E-state index < -0.39 is 6.03 Å².